The summed E-state index contributed by atoms with van der Waals surface area (Å²) >= 11 is 11.0. The zero-order valence-electron chi connectivity index (χ0n) is 7.26. The Kier molecular flexibility index (Phi) is 4.13. The highest BCUT2D eigenvalue weighted by molar-refractivity contribution is 6.36. The van der Waals surface area contributed by atoms with Crippen molar-refractivity contribution in [2.24, 2.45) is 0 Å². The first kappa shape index (κ1) is 10.4. The SMILES string of the molecule is Cc1ccc(OC/C(Cl)=C\Cl)cc1. The van der Waals surface area contributed by atoms with Crippen molar-refractivity contribution in [2.75, 3.05) is 6.61 Å². The zero-order valence-corrected chi connectivity index (χ0v) is 8.77. The van der Waals surface area contributed by atoms with Crippen LogP contribution in [0.3, 0.4) is 0 Å². The van der Waals surface area contributed by atoms with Gasteiger partial charge in [-0.25, -0.2) is 0 Å². The van der Waals surface area contributed by atoms with Crippen LogP contribution in [0.2, 0.25) is 0 Å². The third-order valence-electron chi connectivity index (χ3n) is 1.52. The molecule has 0 spiro atoms. The summed E-state index contributed by atoms with van der Waals surface area (Å²) in [6.45, 7) is 2.34. The first-order valence-electron chi connectivity index (χ1n) is 3.86. The van der Waals surface area contributed by atoms with Gasteiger partial charge in [0.05, 0.1) is 5.03 Å². The van der Waals surface area contributed by atoms with E-state index in [2.05, 4.69) is 0 Å². The molecule has 0 aliphatic heterocycles. The summed E-state index contributed by atoms with van der Waals surface area (Å²) in [6, 6.07) is 7.75. The van der Waals surface area contributed by atoms with Crippen molar-refractivity contribution in [1.29, 1.82) is 0 Å². The highest BCUT2D eigenvalue weighted by atomic mass is 35.5. The third kappa shape index (κ3) is 3.71. The van der Waals surface area contributed by atoms with E-state index in [4.69, 9.17) is 27.9 Å². The van der Waals surface area contributed by atoms with E-state index in [0.717, 1.165) is 5.75 Å². The second-order valence-electron chi connectivity index (χ2n) is 2.66. The quantitative estimate of drug-likeness (QED) is 0.750. The molecule has 1 rings (SSSR count). The van der Waals surface area contributed by atoms with Crippen LogP contribution >= 0.6 is 23.2 Å². The van der Waals surface area contributed by atoms with Crippen molar-refractivity contribution in [2.45, 2.75) is 6.92 Å². The Morgan fingerprint density at radius 2 is 2.00 bits per heavy atom. The first-order valence-corrected chi connectivity index (χ1v) is 4.68. The van der Waals surface area contributed by atoms with Crippen LogP contribution in [0.4, 0.5) is 0 Å². The fourth-order valence-corrected chi connectivity index (χ4v) is 0.936. The van der Waals surface area contributed by atoms with Crippen molar-refractivity contribution >= 4 is 23.2 Å². The molecule has 0 bridgehead atoms. The predicted octanol–water partition coefficient (Wildman–Crippen LogP) is 3.69. The molecule has 1 aromatic carbocycles. The van der Waals surface area contributed by atoms with E-state index in [1.165, 1.54) is 11.1 Å². The van der Waals surface area contributed by atoms with Crippen LogP contribution in [-0.4, -0.2) is 6.61 Å². The summed E-state index contributed by atoms with van der Waals surface area (Å²) < 4.78 is 5.33. The van der Waals surface area contributed by atoms with E-state index in [1.54, 1.807) is 0 Å². The standard InChI is InChI=1S/C10H10Cl2O/c1-8-2-4-10(5-3-8)13-7-9(12)6-11/h2-6H,7H2,1H3/b9-6+. The Balaban J connectivity index is 2.51. The molecule has 0 amide bonds. The number of hydrogen-bond acceptors (Lipinski definition) is 1. The number of halogens is 2. The lowest BCUT2D eigenvalue weighted by Gasteiger charge is -2.04. The van der Waals surface area contributed by atoms with E-state index in [1.807, 2.05) is 31.2 Å². The monoisotopic (exact) mass is 216 g/mol. The van der Waals surface area contributed by atoms with Gasteiger partial charge in [0.1, 0.15) is 12.4 Å². The molecule has 0 aliphatic carbocycles. The largest absolute Gasteiger partial charge is 0.488 e. The molecule has 0 heterocycles. The fourth-order valence-electron chi connectivity index (χ4n) is 0.818. The predicted molar refractivity (Wildman–Crippen MR) is 56.5 cm³/mol. The lowest BCUT2D eigenvalue weighted by molar-refractivity contribution is 0.359. The number of rotatable bonds is 3. The topological polar surface area (TPSA) is 9.23 Å². The molecule has 1 nitrogen and oxygen atoms in total. The molecule has 0 unspecified atom stereocenters. The minimum Gasteiger partial charge on any atom is -0.488 e. The third-order valence-corrected chi connectivity index (χ3v) is 2.11. The minimum atomic E-state index is 0.314. The van der Waals surface area contributed by atoms with Crippen LogP contribution in [0.5, 0.6) is 5.75 Å². The van der Waals surface area contributed by atoms with Crippen molar-refractivity contribution in [1.82, 2.24) is 0 Å². The molecule has 0 saturated carbocycles. The van der Waals surface area contributed by atoms with Gasteiger partial charge in [0.25, 0.3) is 0 Å². The first-order chi connectivity index (χ1) is 6.22. The number of hydrogen-bond donors (Lipinski definition) is 0. The van der Waals surface area contributed by atoms with Crippen LogP contribution in [-0.2, 0) is 0 Å². The summed E-state index contributed by atoms with van der Waals surface area (Å²) in [7, 11) is 0. The molecule has 0 N–H and O–H groups in total. The molecule has 0 fully saturated rings. The molecule has 3 heteroatoms. The van der Waals surface area contributed by atoms with E-state index in [-0.39, 0.29) is 0 Å². The molecule has 0 aliphatic rings. The molecule has 1 aromatic rings. The average molecular weight is 217 g/mol. The second-order valence-corrected chi connectivity index (χ2v) is 3.36. The van der Waals surface area contributed by atoms with Crippen molar-refractivity contribution in [3.05, 3.63) is 40.4 Å². The molecule has 0 radical (unpaired) electrons. The van der Waals surface area contributed by atoms with Gasteiger partial charge in [-0.2, -0.15) is 0 Å². The minimum absolute atomic E-state index is 0.314. The summed E-state index contributed by atoms with van der Waals surface area (Å²) in [5.74, 6) is 0.794. The Morgan fingerprint density at radius 3 is 2.54 bits per heavy atom. The van der Waals surface area contributed by atoms with Crippen LogP contribution in [0.15, 0.2) is 34.8 Å². The summed E-state index contributed by atoms with van der Waals surface area (Å²) in [4.78, 5) is 0. The van der Waals surface area contributed by atoms with Gasteiger partial charge in [0, 0.05) is 5.54 Å². The van der Waals surface area contributed by atoms with Gasteiger partial charge in [-0.3, -0.25) is 0 Å². The van der Waals surface area contributed by atoms with Gasteiger partial charge in [-0.1, -0.05) is 40.9 Å². The fraction of sp³-hybridized carbons (Fsp3) is 0.200. The molecule has 70 valence electrons. The van der Waals surface area contributed by atoms with E-state index in [0.29, 0.717) is 11.6 Å². The normalized spacial score (nSPS) is 11.5. The van der Waals surface area contributed by atoms with Gasteiger partial charge in [-0.15, -0.1) is 0 Å². The molecular weight excluding hydrogens is 207 g/mol. The van der Waals surface area contributed by atoms with Crippen LogP contribution in [0, 0.1) is 6.92 Å². The maximum absolute atomic E-state index is 5.65. The van der Waals surface area contributed by atoms with E-state index < -0.39 is 0 Å². The molecule has 0 atom stereocenters. The zero-order chi connectivity index (χ0) is 9.68. The Hall–Kier alpha value is -0.660. The van der Waals surface area contributed by atoms with Gasteiger partial charge in [-0.05, 0) is 19.1 Å². The van der Waals surface area contributed by atoms with Crippen LogP contribution in [0.25, 0.3) is 0 Å². The summed E-state index contributed by atoms with van der Waals surface area (Å²) in [5, 5.41) is 0.488. The van der Waals surface area contributed by atoms with Gasteiger partial charge in [0.15, 0.2) is 0 Å². The van der Waals surface area contributed by atoms with Gasteiger partial charge in [0.2, 0.25) is 0 Å². The van der Waals surface area contributed by atoms with Crippen molar-refractivity contribution < 1.29 is 4.74 Å². The summed E-state index contributed by atoms with van der Waals surface area (Å²) in [5.41, 5.74) is 2.50. The highest BCUT2D eigenvalue weighted by Gasteiger charge is 1.94. The maximum Gasteiger partial charge on any atom is 0.125 e. The van der Waals surface area contributed by atoms with E-state index in [9.17, 15) is 0 Å². The van der Waals surface area contributed by atoms with Gasteiger partial charge < -0.3 is 4.74 Å². The summed E-state index contributed by atoms with van der Waals surface area (Å²) in [6.07, 6.45) is 0. The number of benzene rings is 1. The molecule has 13 heavy (non-hydrogen) atoms. The Morgan fingerprint density at radius 1 is 1.38 bits per heavy atom. The van der Waals surface area contributed by atoms with Crippen LogP contribution in [0.1, 0.15) is 5.56 Å². The average Bonchev–Trinajstić information content (AvgIpc) is 2.16. The highest BCUT2D eigenvalue weighted by Crippen LogP contribution is 2.13. The molecular formula is C10H10Cl2O. The molecule has 0 aromatic heterocycles. The lowest BCUT2D eigenvalue weighted by atomic mass is 10.2. The van der Waals surface area contributed by atoms with E-state index >= 15 is 0 Å². The Bertz CT molecular complexity index is 290. The number of ether oxygens (including phenoxy) is 1. The maximum atomic E-state index is 5.65. The van der Waals surface area contributed by atoms with Crippen molar-refractivity contribution in [3.8, 4) is 5.75 Å². The molecule has 0 saturated heterocycles. The second kappa shape index (κ2) is 5.15. The van der Waals surface area contributed by atoms with Gasteiger partial charge >= 0.3 is 0 Å². The van der Waals surface area contributed by atoms with Crippen LogP contribution < -0.4 is 4.74 Å². The number of aryl methyl sites for hydroxylation is 1. The smallest absolute Gasteiger partial charge is 0.125 e. The Labute approximate surface area is 87.9 Å². The van der Waals surface area contributed by atoms with Crippen molar-refractivity contribution in [3.63, 3.8) is 0 Å². The lowest BCUT2D eigenvalue weighted by Crippen LogP contribution is -1.96.